The van der Waals surface area contributed by atoms with Crippen LogP contribution in [0.3, 0.4) is 0 Å². The third-order valence-corrected chi connectivity index (χ3v) is 1.66. The lowest BCUT2D eigenvalue weighted by molar-refractivity contribution is -0.124. The number of carbonyl (C=O) groups excluding carboxylic acids is 2. The molecule has 0 fully saturated rings. The molecule has 0 aliphatic carbocycles. The number of amides is 2. The van der Waals surface area contributed by atoms with E-state index in [4.69, 9.17) is 17.5 Å². The molecule has 68 valence electrons. The van der Waals surface area contributed by atoms with E-state index in [2.05, 4.69) is 0 Å². The van der Waals surface area contributed by atoms with Gasteiger partial charge in [-0.1, -0.05) is 6.08 Å². The van der Waals surface area contributed by atoms with Crippen LogP contribution in [-0.4, -0.2) is 22.8 Å². The SMILES string of the molecule is CC(=O)N(Cl)CC=C(C)C(N)=O. The predicted molar refractivity (Wildman–Crippen MR) is 46.2 cm³/mol. The fourth-order valence-electron chi connectivity index (χ4n) is 0.446. The third kappa shape index (κ3) is 3.98. The molecule has 0 aliphatic heterocycles. The van der Waals surface area contributed by atoms with E-state index < -0.39 is 5.91 Å². The molecule has 12 heavy (non-hydrogen) atoms. The molecule has 0 atom stereocenters. The van der Waals surface area contributed by atoms with Crippen LogP contribution in [0.4, 0.5) is 0 Å². The first-order valence-corrected chi connectivity index (χ1v) is 3.69. The molecule has 4 nitrogen and oxygen atoms in total. The van der Waals surface area contributed by atoms with Crippen LogP contribution in [0.15, 0.2) is 11.6 Å². The molecule has 0 saturated heterocycles. The Morgan fingerprint density at radius 1 is 1.50 bits per heavy atom. The molecule has 2 amide bonds. The van der Waals surface area contributed by atoms with Crippen LogP contribution in [-0.2, 0) is 9.59 Å². The van der Waals surface area contributed by atoms with Gasteiger partial charge >= 0.3 is 0 Å². The smallest absolute Gasteiger partial charge is 0.244 e. The van der Waals surface area contributed by atoms with E-state index in [0.29, 0.717) is 5.57 Å². The molecule has 0 aromatic carbocycles. The van der Waals surface area contributed by atoms with Crippen molar-refractivity contribution < 1.29 is 9.59 Å². The molecule has 0 rings (SSSR count). The van der Waals surface area contributed by atoms with Gasteiger partial charge in [-0.15, -0.1) is 0 Å². The van der Waals surface area contributed by atoms with Gasteiger partial charge in [0.05, 0.1) is 6.54 Å². The maximum Gasteiger partial charge on any atom is 0.244 e. The second-order valence-corrected chi connectivity index (χ2v) is 2.72. The Morgan fingerprint density at radius 2 is 2.00 bits per heavy atom. The van der Waals surface area contributed by atoms with Gasteiger partial charge in [-0.05, 0) is 6.92 Å². The van der Waals surface area contributed by atoms with Crippen molar-refractivity contribution >= 4 is 23.6 Å². The van der Waals surface area contributed by atoms with Gasteiger partial charge in [-0.3, -0.25) is 14.0 Å². The standard InChI is InChI=1S/C7H11ClN2O2/c1-5(7(9)12)3-4-10(8)6(2)11/h3H,4H2,1-2H3,(H2,9,12). The van der Waals surface area contributed by atoms with Crippen molar-refractivity contribution in [3.05, 3.63) is 11.6 Å². The molecule has 0 radical (unpaired) electrons. The number of hydrogen-bond acceptors (Lipinski definition) is 2. The molecule has 0 bridgehead atoms. The molecule has 5 heteroatoms. The summed E-state index contributed by atoms with van der Waals surface area (Å²) in [5.41, 5.74) is 5.34. The first-order valence-electron chi connectivity index (χ1n) is 3.35. The van der Waals surface area contributed by atoms with E-state index in [1.807, 2.05) is 0 Å². The Balaban J connectivity index is 4.04. The van der Waals surface area contributed by atoms with E-state index in [1.165, 1.54) is 13.0 Å². The normalized spacial score (nSPS) is 11.1. The minimum Gasteiger partial charge on any atom is -0.366 e. The zero-order valence-electron chi connectivity index (χ0n) is 7.00. The Labute approximate surface area is 76.1 Å². The van der Waals surface area contributed by atoms with Gasteiger partial charge in [0.25, 0.3) is 0 Å². The highest BCUT2D eigenvalue weighted by atomic mass is 35.5. The molecule has 0 heterocycles. The molecular formula is C7H11ClN2O2. The summed E-state index contributed by atoms with van der Waals surface area (Å²) in [4.78, 5) is 21.1. The van der Waals surface area contributed by atoms with Gasteiger partial charge in [-0.2, -0.15) is 0 Å². The molecule has 0 unspecified atom stereocenters. The minimum atomic E-state index is -0.511. The molecule has 0 aliphatic rings. The Morgan fingerprint density at radius 3 is 2.33 bits per heavy atom. The Kier molecular flexibility index (Phi) is 4.36. The fourth-order valence-corrected chi connectivity index (χ4v) is 0.515. The summed E-state index contributed by atoms with van der Waals surface area (Å²) >= 11 is 5.45. The van der Waals surface area contributed by atoms with Crippen molar-refractivity contribution in [3.8, 4) is 0 Å². The van der Waals surface area contributed by atoms with Crippen molar-refractivity contribution in [1.29, 1.82) is 0 Å². The van der Waals surface area contributed by atoms with Crippen LogP contribution in [0.5, 0.6) is 0 Å². The molecule has 0 saturated carbocycles. The lowest BCUT2D eigenvalue weighted by Gasteiger charge is -2.07. The summed E-state index contributed by atoms with van der Waals surface area (Å²) in [7, 11) is 0. The van der Waals surface area contributed by atoms with Gasteiger partial charge in [0.15, 0.2) is 0 Å². The maximum absolute atomic E-state index is 10.6. The maximum atomic E-state index is 10.6. The summed E-state index contributed by atoms with van der Waals surface area (Å²) in [6.07, 6.45) is 1.50. The number of hydrogen-bond donors (Lipinski definition) is 1. The summed E-state index contributed by atoms with van der Waals surface area (Å²) in [5.74, 6) is -0.784. The van der Waals surface area contributed by atoms with Gasteiger partial charge in [0, 0.05) is 24.3 Å². The fraction of sp³-hybridized carbons (Fsp3) is 0.429. The number of carbonyl (C=O) groups is 2. The molecule has 0 spiro atoms. The largest absolute Gasteiger partial charge is 0.366 e. The summed E-state index contributed by atoms with van der Waals surface area (Å²) in [6, 6.07) is 0. The highest BCUT2D eigenvalue weighted by molar-refractivity contribution is 6.21. The van der Waals surface area contributed by atoms with Crippen LogP contribution in [0, 0.1) is 0 Å². The minimum absolute atomic E-state index is 0.186. The zero-order chi connectivity index (χ0) is 9.72. The Bertz CT molecular complexity index is 225. The highest BCUT2D eigenvalue weighted by Gasteiger charge is 2.03. The molecule has 2 N–H and O–H groups in total. The van der Waals surface area contributed by atoms with Gasteiger partial charge in [0.1, 0.15) is 0 Å². The predicted octanol–water partition coefficient (Wildman–Crippen LogP) is 0.420. The van der Waals surface area contributed by atoms with E-state index >= 15 is 0 Å². The topological polar surface area (TPSA) is 63.4 Å². The second kappa shape index (κ2) is 4.77. The van der Waals surface area contributed by atoms with E-state index in [0.717, 1.165) is 4.42 Å². The van der Waals surface area contributed by atoms with E-state index in [9.17, 15) is 9.59 Å². The second-order valence-electron chi connectivity index (χ2n) is 2.32. The van der Waals surface area contributed by atoms with Crippen molar-refractivity contribution in [3.63, 3.8) is 0 Å². The lowest BCUT2D eigenvalue weighted by atomic mass is 10.3. The number of nitrogens with zero attached hydrogens (tertiary/aromatic N) is 1. The van der Waals surface area contributed by atoms with Gasteiger partial charge in [0.2, 0.25) is 11.8 Å². The summed E-state index contributed by atoms with van der Waals surface area (Å²) in [6.45, 7) is 3.08. The Hall–Kier alpha value is -1.03. The van der Waals surface area contributed by atoms with Crippen LogP contribution in [0.25, 0.3) is 0 Å². The van der Waals surface area contributed by atoms with Crippen LogP contribution in [0.2, 0.25) is 0 Å². The van der Waals surface area contributed by atoms with Crippen LogP contribution < -0.4 is 5.73 Å². The van der Waals surface area contributed by atoms with Crippen LogP contribution in [0.1, 0.15) is 13.8 Å². The molecular weight excluding hydrogens is 180 g/mol. The highest BCUT2D eigenvalue weighted by Crippen LogP contribution is 1.97. The first kappa shape index (κ1) is 11.0. The average Bonchev–Trinajstić information content (AvgIpc) is 1.98. The van der Waals surface area contributed by atoms with Crippen LogP contribution >= 0.6 is 11.8 Å². The lowest BCUT2D eigenvalue weighted by Crippen LogP contribution is -2.19. The average molecular weight is 191 g/mol. The van der Waals surface area contributed by atoms with E-state index in [-0.39, 0.29) is 12.5 Å². The van der Waals surface area contributed by atoms with Gasteiger partial charge in [-0.25, -0.2) is 0 Å². The van der Waals surface area contributed by atoms with E-state index in [1.54, 1.807) is 6.92 Å². The monoisotopic (exact) mass is 190 g/mol. The van der Waals surface area contributed by atoms with Crippen molar-refractivity contribution in [1.82, 2.24) is 4.42 Å². The van der Waals surface area contributed by atoms with Gasteiger partial charge < -0.3 is 5.73 Å². The quantitative estimate of drug-likeness (QED) is 0.518. The zero-order valence-corrected chi connectivity index (χ0v) is 7.76. The number of rotatable bonds is 3. The van der Waals surface area contributed by atoms with Crippen molar-refractivity contribution in [2.24, 2.45) is 5.73 Å². The van der Waals surface area contributed by atoms with Crippen molar-refractivity contribution in [2.45, 2.75) is 13.8 Å². The number of halogens is 1. The molecule has 0 aromatic rings. The number of primary amides is 1. The first-order chi connectivity index (χ1) is 5.45. The molecule has 0 aromatic heterocycles. The summed E-state index contributed by atoms with van der Waals surface area (Å²) in [5, 5.41) is 0. The van der Waals surface area contributed by atoms with Crippen molar-refractivity contribution in [2.75, 3.05) is 6.54 Å². The summed E-state index contributed by atoms with van der Waals surface area (Å²) < 4.78 is 0.965. The third-order valence-electron chi connectivity index (χ3n) is 1.29. The number of nitrogens with two attached hydrogens (primary N) is 1.